The van der Waals surface area contributed by atoms with E-state index in [1.54, 1.807) is 6.20 Å². The summed E-state index contributed by atoms with van der Waals surface area (Å²) >= 11 is 13.1. The van der Waals surface area contributed by atoms with Gasteiger partial charge in [-0.25, -0.2) is 4.98 Å². The summed E-state index contributed by atoms with van der Waals surface area (Å²) in [5.74, 6) is 0.409. The normalized spacial score (nSPS) is 19.4. The van der Waals surface area contributed by atoms with Crippen LogP contribution in [0.4, 0.5) is 11.5 Å². The molecule has 2 atom stereocenters. The Hall–Kier alpha value is -5.31. The van der Waals surface area contributed by atoms with Gasteiger partial charge in [-0.2, -0.15) is 0 Å². The number of rotatable bonds is 6. The van der Waals surface area contributed by atoms with E-state index in [-0.39, 0.29) is 24.0 Å². The molecule has 0 radical (unpaired) electrons. The van der Waals surface area contributed by atoms with Gasteiger partial charge in [0, 0.05) is 77.3 Å². The van der Waals surface area contributed by atoms with Crippen LogP contribution in [0.3, 0.4) is 0 Å². The summed E-state index contributed by atoms with van der Waals surface area (Å²) in [6, 6.07) is 25.3. The summed E-state index contributed by atoms with van der Waals surface area (Å²) < 4.78 is 5.65. The van der Waals surface area contributed by atoms with Crippen molar-refractivity contribution in [1.29, 1.82) is 0 Å². The number of hydrogen-bond acceptors (Lipinski definition) is 6. The fourth-order valence-corrected chi connectivity index (χ4v) is 8.26. The molecule has 5 aromatic rings. The largest absolute Gasteiger partial charge is 0.368 e. The van der Waals surface area contributed by atoms with Crippen molar-refractivity contribution in [2.24, 2.45) is 0 Å². The van der Waals surface area contributed by atoms with Crippen LogP contribution >= 0.6 is 23.2 Å². The van der Waals surface area contributed by atoms with E-state index in [2.05, 4.69) is 38.0 Å². The number of aromatic amines is 1. The van der Waals surface area contributed by atoms with Gasteiger partial charge in [-0.05, 0) is 72.0 Å². The van der Waals surface area contributed by atoms with Crippen LogP contribution in [0, 0.1) is 0 Å². The molecule has 4 aliphatic rings. The topological polar surface area (TPSA) is 93.8 Å². The zero-order valence-electron chi connectivity index (χ0n) is 28.1. The standard InChI is InChI=1S/C41H34Cl2N6O3/c42-27-14-12-26(13-15-27)37-30-23-28(43)24-32-34(30)35(38-29(9-5-17-49(37)38)25-7-2-1-3-8-25)36(45-32)40(50)46-31-10-4-16-44-39(31)47-18-20-48(21-19-47)41(51)33-11-6-22-52-33/h1-4,7-10,12-17,23-24,33,37,45H,6,11,18-22H2,(H,46,50). The van der Waals surface area contributed by atoms with Gasteiger partial charge in [-0.3, -0.25) is 9.59 Å². The Balaban J connectivity index is 1.12. The Morgan fingerprint density at radius 2 is 1.75 bits per heavy atom. The summed E-state index contributed by atoms with van der Waals surface area (Å²) in [5.41, 5.74) is 10.7. The number of carbonyl (C=O) groups is 2. The molecular formula is C41H34Cl2N6O3. The predicted octanol–water partition coefficient (Wildman–Crippen LogP) is 7.91. The third kappa shape index (κ3) is 5.67. The van der Waals surface area contributed by atoms with Gasteiger partial charge < -0.3 is 29.7 Å². The number of aromatic nitrogens is 2. The Kier molecular flexibility index (Phi) is 8.36. The van der Waals surface area contributed by atoms with E-state index in [4.69, 9.17) is 32.9 Å². The number of pyridine rings is 1. The summed E-state index contributed by atoms with van der Waals surface area (Å²) in [6.07, 6.45) is 6.99. The molecule has 2 amide bonds. The van der Waals surface area contributed by atoms with Crippen molar-refractivity contribution in [3.8, 4) is 0 Å². The van der Waals surface area contributed by atoms with E-state index in [1.807, 2.05) is 83.9 Å². The second-order valence-electron chi connectivity index (χ2n) is 13.4. The highest BCUT2D eigenvalue weighted by Crippen LogP contribution is 2.51. The van der Waals surface area contributed by atoms with Gasteiger partial charge in [0.15, 0.2) is 5.82 Å². The van der Waals surface area contributed by atoms with Crippen LogP contribution in [0.5, 0.6) is 0 Å². The Labute approximate surface area is 310 Å². The summed E-state index contributed by atoms with van der Waals surface area (Å²) in [6.45, 7) is 2.93. The lowest BCUT2D eigenvalue weighted by atomic mass is 9.84. The molecule has 9 nitrogen and oxygen atoms in total. The quantitative estimate of drug-likeness (QED) is 0.173. The second-order valence-corrected chi connectivity index (χ2v) is 14.2. The van der Waals surface area contributed by atoms with Gasteiger partial charge in [0.1, 0.15) is 11.8 Å². The first-order valence-electron chi connectivity index (χ1n) is 17.5. The number of amides is 2. The number of anilines is 2. The van der Waals surface area contributed by atoms with Gasteiger partial charge in [0.2, 0.25) is 0 Å². The van der Waals surface area contributed by atoms with Crippen LogP contribution in [-0.2, 0) is 9.53 Å². The highest BCUT2D eigenvalue weighted by atomic mass is 35.5. The third-order valence-electron chi connectivity index (χ3n) is 10.3. The molecule has 52 heavy (non-hydrogen) atoms. The molecule has 0 bridgehead atoms. The Morgan fingerprint density at radius 1 is 0.942 bits per heavy atom. The highest BCUT2D eigenvalue weighted by molar-refractivity contribution is 6.32. The molecule has 11 heteroatoms. The van der Waals surface area contributed by atoms with Gasteiger partial charge in [-0.15, -0.1) is 5.73 Å². The average Bonchev–Trinajstić information content (AvgIpc) is 3.85. The number of halogens is 2. The van der Waals surface area contributed by atoms with Crippen molar-refractivity contribution in [2.45, 2.75) is 25.0 Å². The van der Waals surface area contributed by atoms with Crippen molar-refractivity contribution >= 4 is 68.7 Å². The van der Waals surface area contributed by atoms with E-state index < -0.39 is 0 Å². The van der Waals surface area contributed by atoms with E-state index in [0.717, 1.165) is 57.3 Å². The zero-order chi connectivity index (χ0) is 35.3. The van der Waals surface area contributed by atoms with Crippen LogP contribution in [0.2, 0.25) is 10.0 Å². The number of fused-ring (bicyclic) bond motifs is 2. The fourth-order valence-electron chi connectivity index (χ4n) is 7.91. The monoisotopic (exact) mass is 728 g/mol. The van der Waals surface area contributed by atoms with Gasteiger partial charge >= 0.3 is 0 Å². The number of H-pyrrole nitrogens is 1. The maximum Gasteiger partial charge on any atom is 0.272 e. The van der Waals surface area contributed by atoms with Gasteiger partial charge in [0.05, 0.1) is 17.4 Å². The number of allylic oxidation sites excluding steroid dienone is 2. The first-order valence-corrected chi connectivity index (χ1v) is 18.2. The number of piperazine rings is 1. The number of hydrogen-bond donors (Lipinski definition) is 2. The number of benzene rings is 3. The van der Waals surface area contributed by atoms with Crippen molar-refractivity contribution in [3.63, 3.8) is 0 Å². The summed E-state index contributed by atoms with van der Waals surface area (Å²) in [4.78, 5) is 42.0. The number of nitrogens with one attached hydrogen (secondary N) is 2. The molecule has 2 N–H and O–H groups in total. The van der Waals surface area contributed by atoms with E-state index in [1.165, 1.54) is 0 Å². The SMILES string of the molecule is O=C(Nc1cccnc1N1CCN(C(=O)C2CCCO2)CC1)c1[nH]c2cc(Cl)cc3c2c1C1=C(c2ccccc2)C=C=CN1C3c1ccc(Cl)cc1. The van der Waals surface area contributed by atoms with Crippen LogP contribution in [0.15, 0.2) is 103 Å². The second kappa shape index (κ2) is 13.3. The van der Waals surface area contributed by atoms with E-state index in [9.17, 15) is 9.59 Å². The maximum absolute atomic E-state index is 14.6. The van der Waals surface area contributed by atoms with Crippen molar-refractivity contribution in [1.82, 2.24) is 19.8 Å². The highest BCUT2D eigenvalue weighted by Gasteiger charge is 2.39. The fraction of sp³-hybridized carbons (Fsp3) is 0.220. The molecule has 2 saturated heterocycles. The van der Waals surface area contributed by atoms with E-state index >= 15 is 0 Å². The molecule has 6 heterocycles. The first-order chi connectivity index (χ1) is 25.4. The molecule has 4 aliphatic heterocycles. The minimum Gasteiger partial charge on any atom is -0.368 e. The number of carbonyl (C=O) groups excluding carboxylic acids is 2. The van der Waals surface area contributed by atoms with Gasteiger partial charge in [-0.1, -0.05) is 65.7 Å². The first kappa shape index (κ1) is 32.6. The number of ether oxygens (including phenoxy) is 1. The molecule has 0 saturated carbocycles. The van der Waals surface area contributed by atoms with Crippen LogP contribution in [-0.4, -0.2) is 70.5 Å². The minimum absolute atomic E-state index is 0.0582. The van der Waals surface area contributed by atoms with Crippen LogP contribution in [0.25, 0.3) is 22.2 Å². The smallest absolute Gasteiger partial charge is 0.272 e. The lowest BCUT2D eigenvalue weighted by Crippen LogP contribution is -2.51. The summed E-state index contributed by atoms with van der Waals surface area (Å²) in [7, 11) is 0. The lowest BCUT2D eigenvalue weighted by molar-refractivity contribution is -0.141. The molecule has 2 unspecified atom stereocenters. The Bertz CT molecular complexity index is 2320. The lowest BCUT2D eigenvalue weighted by Gasteiger charge is -2.39. The van der Waals surface area contributed by atoms with E-state index in [0.29, 0.717) is 60.0 Å². The zero-order valence-corrected chi connectivity index (χ0v) is 29.6. The van der Waals surface area contributed by atoms with Crippen molar-refractivity contribution in [3.05, 3.63) is 141 Å². The molecular weight excluding hydrogens is 695 g/mol. The van der Waals surface area contributed by atoms with Gasteiger partial charge in [0.25, 0.3) is 11.8 Å². The minimum atomic E-state index is -0.339. The molecule has 2 aromatic heterocycles. The van der Waals surface area contributed by atoms with Crippen molar-refractivity contribution < 1.29 is 14.3 Å². The molecule has 9 rings (SSSR count). The van der Waals surface area contributed by atoms with Crippen LogP contribution in [0.1, 0.15) is 51.6 Å². The molecule has 260 valence electrons. The third-order valence-corrected chi connectivity index (χ3v) is 10.8. The Morgan fingerprint density at radius 3 is 2.52 bits per heavy atom. The number of nitrogens with zero attached hydrogens (tertiary/aromatic N) is 4. The predicted molar refractivity (Wildman–Crippen MR) is 204 cm³/mol. The average molecular weight is 730 g/mol. The molecule has 0 aliphatic carbocycles. The van der Waals surface area contributed by atoms with Crippen LogP contribution < -0.4 is 10.2 Å². The molecule has 0 spiro atoms. The molecule has 3 aromatic carbocycles. The van der Waals surface area contributed by atoms with Crippen molar-refractivity contribution in [2.75, 3.05) is 43.0 Å². The molecule has 2 fully saturated rings. The maximum atomic E-state index is 14.6. The summed E-state index contributed by atoms with van der Waals surface area (Å²) in [5, 5.41) is 5.33.